The van der Waals surface area contributed by atoms with Crippen molar-refractivity contribution in [3.63, 3.8) is 0 Å². The number of carbonyl (C=O) groups excluding carboxylic acids is 1. The van der Waals surface area contributed by atoms with Gasteiger partial charge in [-0.3, -0.25) is 4.90 Å². The van der Waals surface area contributed by atoms with Gasteiger partial charge < -0.3 is 10.5 Å². The van der Waals surface area contributed by atoms with E-state index >= 15 is 0 Å². The van der Waals surface area contributed by atoms with E-state index < -0.39 is 0 Å². The van der Waals surface area contributed by atoms with Gasteiger partial charge in [0.05, 0.1) is 12.7 Å². The van der Waals surface area contributed by atoms with Gasteiger partial charge in [-0.1, -0.05) is 81.0 Å². The third kappa shape index (κ3) is 4.59. The van der Waals surface area contributed by atoms with Crippen LogP contribution in [0.4, 0.5) is 0 Å². The largest absolute Gasteiger partial charge is 0.465 e. The van der Waals surface area contributed by atoms with Gasteiger partial charge in [-0.15, -0.1) is 0 Å². The molecule has 1 unspecified atom stereocenters. The lowest BCUT2D eigenvalue weighted by Crippen LogP contribution is -2.52. The lowest BCUT2D eigenvalue weighted by Gasteiger charge is -2.53. The van der Waals surface area contributed by atoms with Crippen molar-refractivity contribution in [3.8, 4) is 0 Å². The molecular weight excluding hydrogens is 456 g/mol. The number of nitrogens with zero attached hydrogens (tertiary/aromatic N) is 1. The highest BCUT2D eigenvalue weighted by atomic mass is 16.5. The highest BCUT2D eigenvalue weighted by molar-refractivity contribution is 5.90. The summed E-state index contributed by atoms with van der Waals surface area (Å²) in [4.78, 5) is 14.6. The molecule has 0 aromatic heterocycles. The van der Waals surface area contributed by atoms with Crippen molar-refractivity contribution in [2.24, 2.45) is 16.6 Å². The molecule has 1 atom stereocenters. The van der Waals surface area contributed by atoms with Crippen molar-refractivity contribution in [1.29, 1.82) is 0 Å². The summed E-state index contributed by atoms with van der Waals surface area (Å²) in [5, 5.41) is 0. The Morgan fingerprint density at radius 2 is 1.68 bits per heavy atom. The lowest BCUT2D eigenvalue weighted by molar-refractivity contribution is 0.0600. The number of carbonyl (C=O) groups is 1. The van der Waals surface area contributed by atoms with E-state index in [9.17, 15) is 4.79 Å². The molecule has 2 N–H and O–H groups in total. The van der Waals surface area contributed by atoms with Gasteiger partial charge in [0.1, 0.15) is 0 Å². The van der Waals surface area contributed by atoms with Gasteiger partial charge in [-0.2, -0.15) is 0 Å². The van der Waals surface area contributed by atoms with Gasteiger partial charge in [-0.25, -0.2) is 4.79 Å². The normalized spacial score (nSPS) is 29.6. The van der Waals surface area contributed by atoms with Crippen LogP contribution in [0.25, 0.3) is 5.57 Å². The Balaban J connectivity index is 1.31. The van der Waals surface area contributed by atoms with Crippen molar-refractivity contribution in [2.75, 3.05) is 26.7 Å². The third-order valence-corrected chi connectivity index (χ3v) is 9.66. The fraction of sp³-hybridized carbons (Fsp3) is 0.485. The topological polar surface area (TPSA) is 55.6 Å². The fourth-order valence-corrected chi connectivity index (χ4v) is 7.55. The molecule has 3 aliphatic rings. The number of ether oxygens (including phenoxy) is 1. The summed E-state index contributed by atoms with van der Waals surface area (Å²) in [6.07, 6.45) is 10.8. The van der Waals surface area contributed by atoms with Crippen molar-refractivity contribution >= 4 is 11.5 Å². The van der Waals surface area contributed by atoms with E-state index in [-0.39, 0.29) is 22.2 Å². The van der Waals surface area contributed by atoms with Crippen molar-refractivity contribution in [2.45, 2.75) is 64.3 Å². The van der Waals surface area contributed by atoms with Crippen LogP contribution >= 0.6 is 0 Å². The summed E-state index contributed by atoms with van der Waals surface area (Å²) in [7, 11) is 1.42. The van der Waals surface area contributed by atoms with Crippen LogP contribution in [0.5, 0.6) is 0 Å². The van der Waals surface area contributed by atoms with Gasteiger partial charge in [-0.05, 0) is 60.9 Å². The molecule has 1 saturated carbocycles. The molecule has 0 spiro atoms. The van der Waals surface area contributed by atoms with Gasteiger partial charge in [0.25, 0.3) is 0 Å². The molecule has 0 saturated heterocycles. The Bertz CT molecular complexity index is 1190. The summed E-state index contributed by atoms with van der Waals surface area (Å²) in [5.74, 6) is -0.290. The van der Waals surface area contributed by atoms with Crippen LogP contribution in [-0.2, 0) is 10.2 Å². The number of hydrogen-bond donors (Lipinski definition) is 1. The van der Waals surface area contributed by atoms with Crippen LogP contribution < -0.4 is 5.73 Å². The Labute approximate surface area is 222 Å². The second-order valence-electron chi connectivity index (χ2n) is 12.2. The molecule has 1 aliphatic heterocycles. The van der Waals surface area contributed by atoms with E-state index in [0.717, 1.165) is 26.1 Å². The quantitative estimate of drug-likeness (QED) is 0.384. The first kappa shape index (κ1) is 25.9. The second-order valence-corrected chi connectivity index (χ2v) is 12.2. The molecule has 196 valence electrons. The predicted octanol–water partition coefficient (Wildman–Crippen LogP) is 6.37. The maximum absolute atomic E-state index is 11.9. The first-order valence-electron chi connectivity index (χ1n) is 13.8. The first-order valence-corrected chi connectivity index (χ1v) is 13.8. The van der Waals surface area contributed by atoms with Crippen molar-refractivity contribution in [1.82, 2.24) is 4.90 Å². The zero-order valence-corrected chi connectivity index (χ0v) is 22.9. The zero-order chi connectivity index (χ0) is 26.3. The zero-order valence-electron chi connectivity index (χ0n) is 22.9. The van der Waals surface area contributed by atoms with E-state index in [2.05, 4.69) is 80.3 Å². The molecule has 1 fully saturated rings. The molecule has 2 aromatic carbocycles. The highest BCUT2D eigenvalue weighted by Crippen LogP contribution is 2.56. The van der Waals surface area contributed by atoms with Gasteiger partial charge in [0.2, 0.25) is 0 Å². The number of fused-ring (bicyclic) bond motifs is 1. The number of allylic oxidation sites excluding steroid dienone is 2. The summed E-state index contributed by atoms with van der Waals surface area (Å²) in [5.41, 5.74) is 12.7. The average Bonchev–Trinajstić information content (AvgIpc) is 2.93. The Morgan fingerprint density at radius 3 is 2.30 bits per heavy atom. The average molecular weight is 499 g/mol. The molecule has 0 bridgehead atoms. The van der Waals surface area contributed by atoms with Crippen LogP contribution in [0, 0.1) is 10.8 Å². The molecule has 5 rings (SSSR count). The maximum Gasteiger partial charge on any atom is 0.337 e. The van der Waals surface area contributed by atoms with Crippen LogP contribution in [0.2, 0.25) is 0 Å². The summed E-state index contributed by atoms with van der Waals surface area (Å²) >= 11 is 0. The minimum absolute atomic E-state index is 0.0551. The smallest absolute Gasteiger partial charge is 0.337 e. The second kappa shape index (κ2) is 9.89. The molecule has 2 aromatic rings. The number of rotatable bonds is 5. The summed E-state index contributed by atoms with van der Waals surface area (Å²) in [6, 6.07) is 19.4. The monoisotopic (exact) mass is 498 g/mol. The van der Waals surface area contributed by atoms with E-state index in [0.29, 0.717) is 11.6 Å². The maximum atomic E-state index is 11.9. The number of methoxy groups -OCH3 is 1. The number of nitrogens with two attached hydrogens (primary N) is 1. The van der Waals surface area contributed by atoms with E-state index in [1.54, 1.807) is 5.57 Å². The van der Waals surface area contributed by atoms with Crippen LogP contribution in [0.1, 0.15) is 74.4 Å². The number of hydrogen-bond acceptors (Lipinski definition) is 4. The fourth-order valence-electron chi connectivity index (χ4n) is 7.55. The highest BCUT2D eigenvalue weighted by Gasteiger charge is 2.47. The van der Waals surface area contributed by atoms with E-state index in [1.807, 2.05) is 12.1 Å². The van der Waals surface area contributed by atoms with E-state index in [4.69, 9.17) is 10.5 Å². The standard InChI is InChI=1S/C33H42N2O2/c1-31(2)28(24-10-12-25(13-11-24)30(36)37-4)16-18-32(3)23-35(21-17-29(31)32)27-14-19-33(22-34,20-15-27)26-8-6-5-7-9-26/h5-13,16-17,27H,14-15,18-23,34H2,1-4H3. The van der Waals surface area contributed by atoms with Gasteiger partial charge in [0.15, 0.2) is 0 Å². The van der Waals surface area contributed by atoms with Gasteiger partial charge >= 0.3 is 5.97 Å². The van der Waals surface area contributed by atoms with Crippen molar-refractivity contribution in [3.05, 3.63) is 89.0 Å². The SMILES string of the molecule is COC(=O)c1ccc(C2=CCC3(C)CN(C4CCC(CN)(c5ccccc5)CC4)CC=C3C2(C)C)cc1. The minimum atomic E-state index is -0.290. The molecule has 37 heavy (non-hydrogen) atoms. The molecule has 0 amide bonds. The molecule has 4 nitrogen and oxygen atoms in total. The van der Waals surface area contributed by atoms with Crippen LogP contribution in [-0.4, -0.2) is 43.7 Å². The summed E-state index contributed by atoms with van der Waals surface area (Å²) in [6.45, 7) is 10.0. The van der Waals surface area contributed by atoms with E-state index in [1.165, 1.54) is 49.5 Å². The lowest BCUT2D eigenvalue weighted by atomic mass is 9.58. The predicted molar refractivity (Wildman–Crippen MR) is 151 cm³/mol. The van der Waals surface area contributed by atoms with Gasteiger partial charge in [0, 0.05) is 41.9 Å². The number of benzene rings is 2. The Kier molecular flexibility index (Phi) is 6.93. The minimum Gasteiger partial charge on any atom is -0.465 e. The molecule has 4 heteroatoms. The molecule has 2 aliphatic carbocycles. The van der Waals surface area contributed by atoms with Crippen molar-refractivity contribution < 1.29 is 9.53 Å². The first-order chi connectivity index (χ1) is 17.7. The summed E-state index contributed by atoms with van der Waals surface area (Å²) < 4.78 is 4.87. The van der Waals surface area contributed by atoms with Crippen LogP contribution in [0.3, 0.4) is 0 Å². The number of esters is 1. The van der Waals surface area contributed by atoms with Crippen LogP contribution in [0.15, 0.2) is 72.3 Å². The Morgan fingerprint density at radius 1 is 1.00 bits per heavy atom. The molecular formula is C33H42N2O2. The Hall–Kier alpha value is -2.69. The molecule has 1 heterocycles. The third-order valence-electron chi connectivity index (χ3n) is 9.66. The molecule has 0 radical (unpaired) electrons.